The topological polar surface area (TPSA) is 45.0 Å². The molecule has 0 aliphatic heterocycles. The molecule has 0 heterocycles. The molecule has 0 aliphatic carbocycles. The summed E-state index contributed by atoms with van der Waals surface area (Å²) >= 11 is 0. The lowest BCUT2D eigenvalue weighted by Crippen LogP contribution is -2.40. The van der Waals surface area contributed by atoms with Crippen LogP contribution in [0.2, 0.25) is 0 Å². The number of aryl methyl sites for hydroxylation is 1. The maximum atomic E-state index is 13.3. The Morgan fingerprint density at radius 3 is 2.79 bits per heavy atom. The van der Waals surface area contributed by atoms with Crippen LogP contribution in [0.4, 0.5) is 4.39 Å². The van der Waals surface area contributed by atoms with Crippen LogP contribution in [-0.2, 0) is 0 Å². The van der Waals surface area contributed by atoms with Gasteiger partial charge in [0.2, 0.25) is 0 Å². The average Bonchev–Trinajstić information content (AvgIpc) is 2.39. The van der Waals surface area contributed by atoms with Crippen LogP contribution in [0, 0.1) is 24.1 Å². The minimum atomic E-state index is -0.517. The number of rotatable bonds is 7. The van der Waals surface area contributed by atoms with Gasteiger partial charge >= 0.3 is 0 Å². The molecule has 1 rings (SSSR count). The molecule has 19 heavy (non-hydrogen) atoms. The number of ether oxygens (including phenoxy) is 1. The van der Waals surface area contributed by atoms with Crippen molar-refractivity contribution in [2.24, 2.45) is 0 Å². The van der Waals surface area contributed by atoms with Crippen LogP contribution in [0.3, 0.4) is 0 Å². The van der Waals surface area contributed by atoms with Crippen molar-refractivity contribution in [3.05, 3.63) is 29.6 Å². The van der Waals surface area contributed by atoms with Gasteiger partial charge in [-0.15, -0.1) is 0 Å². The van der Waals surface area contributed by atoms with Gasteiger partial charge in [-0.3, -0.25) is 5.32 Å². The summed E-state index contributed by atoms with van der Waals surface area (Å²) < 4.78 is 18.8. The van der Waals surface area contributed by atoms with Crippen LogP contribution >= 0.6 is 0 Å². The number of hydrogen-bond acceptors (Lipinski definition) is 3. The van der Waals surface area contributed by atoms with E-state index in [1.165, 1.54) is 6.07 Å². The first-order valence-electron chi connectivity index (χ1n) is 6.56. The van der Waals surface area contributed by atoms with Gasteiger partial charge in [-0.25, -0.2) is 4.39 Å². The zero-order chi connectivity index (χ0) is 14.3. The van der Waals surface area contributed by atoms with Gasteiger partial charge in [-0.2, -0.15) is 5.26 Å². The van der Waals surface area contributed by atoms with Gasteiger partial charge < -0.3 is 4.74 Å². The fourth-order valence-corrected chi connectivity index (χ4v) is 1.85. The van der Waals surface area contributed by atoms with Crippen molar-refractivity contribution in [2.75, 3.05) is 13.2 Å². The van der Waals surface area contributed by atoms with Crippen molar-refractivity contribution >= 4 is 0 Å². The highest BCUT2D eigenvalue weighted by Gasteiger charge is 2.21. The summed E-state index contributed by atoms with van der Waals surface area (Å²) in [5.41, 5.74) is 0.0907. The lowest BCUT2D eigenvalue weighted by atomic mass is 9.98. The quantitative estimate of drug-likeness (QED) is 0.769. The Morgan fingerprint density at radius 1 is 1.47 bits per heavy atom. The molecule has 0 bridgehead atoms. The van der Waals surface area contributed by atoms with Crippen molar-refractivity contribution < 1.29 is 9.13 Å². The minimum Gasteiger partial charge on any atom is -0.493 e. The third-order valence-corrected chi connectivity index (χ3v) is 3.05. The Kier molecular flexibility index (Phi) is 5.78. The van der Waals surface area contributed by atoms with E-state index < -0.39 is 5.54 Å². The summed E-state index contributed by atoms with van der Waals surface area (Å²) in [6, 6.07) is 7.11. The summed E-state index contributed by atoms with van der Waals surface area (Å²) in [5.74, 6) is 0.275. The average molecular weight is 264 g/mol. The van der Waals surface area contributed by atoms with Crippen LogP contribution in [0.1, 0.15) is 32.3 Å². The molecule has 0 aromatic heterocycles. The third kappa shape index (κ3) is 4.88. The number of nitrogens with one attached hydrogen (secondary N) is 1. The molecule has 0 radical (unpaired) electrons. The van der Waals surface area contributed by atoms with E-state index in [1.54, 1.807) is 19.1 Å². The molecule has 1 aromatic carbocycles. The maximum Gasteiger partial charge on any atom is 0.129 e. The van der Waals surface area contributed by atoms with Gasteiger partial charge in [-0.05, 0) is 44.9 Å². The van der Waals surface area contributed by atoms with E-state index in [0.29, 0.717) is 24.3 Å². The summed E-state index contributed by atoms with van der Waals surface area (Å²) in [6.07, 6.45) is 1.44. The Hall–Kier alpha value is -1.60. The molecular formula is C15H21FN2O. The maximum absolute atomic E-state index is 13.3. The minimum absolute atomic E-state index is 0.257. The Balaban J connectivity index is 2.38. The molecule has 1 aromatic rings. The van der Waals surface area contributed by atoms with E-state index >= 15 is 0 Å². The second kappa shape index (κ2) is 7.10. The fraction of sp³-hybridized carbons (Fsp3) is 0.533. The highest BCUT2D eigenvalue weighted by atomic mass is 19.1. The predicted molar refractivity (Wildman–Crippen MR) is 73.6 cm³/mol. The zero-order valence-corrected chi connectivity index (χ0v) is 11.8. The molecule has 0 fully saturated rings. The van der Waals surface area contributed by atoms with Gasteiger partial charge in [0.25, 0.3) is 0 Å². The molecular weight excluding hydrogens is 243 g/mol. The van der Waals surface area contributed by atoms with E-state index in [1.807, 2.05) is 13.8 Å². The Labute approximate surface area is 114 Å². The second-order valence-corrected chi connectivity index (χ2v) is 4.84. The van der Waals surface area contributed by atoms with E-state index in [9.17, 15) is 4.39 Å². The monoisotopic (exact) mass is 264 g/mol. The first-order valence-corrected chi connectivity index (χ1v) is 6.56. The normalized spacial score (nSPS) is 13.6. The number of nitriles is 1. The molecule has 1 N–H and O–H groups in total. The largest absolute Gasteiger partial charge is 0.493 e. The van der Waals surface area contributed by atoms with Crippen molar-refractivity contribution in [1.82, 2.24) is 5.32 Å². The lowest BCUT2D eigenvalue weighted by molar-refractivity contribution is 0.285. The summed E-state index contributed by atoms with van der Waals surface area (Å²) in [5, 5.41) is 12.2. The van der Waals surface area contributed by atoms with Crippen LogP contribution < -0.4 is 10.1 Å². The van der Waals surface area contributed by atoms with Gasteiger partial charge in [0.05, 0.1) is 12.7 Å². The highest BCUT2D eigenvalue weighted by molar-refractivity contribution is 5.27. The second-order valence-electron chi connectivity index (χ2n) is 4.84. The molecule has 4 heteroatoms. The van der Waals surface area contributed by atoms with Crippen molar-refractivity contribution in [2.45, 2.75) is 39.2 Å². The van der Waals surface area contributed by atoms with Crippen molar-refractivity contribution in [3.63, 3.8) is 0 Å². The standard InChI is InChI=1S/C15H21FN2O/c1-4-18-15(3,11-17)8-5-9-19-13-7-6-12(2)14(16)10-13/h6-7,10,18H,4-5,8-9H2,1-3H3. The number of nitrogens with zero attached hydrogens (tertiary/aromatic N) is 1. The SMILES string of the molecule is CCNC(C)(C#N)CCCOc1ccc(C)c(F)c1. The van der Waals surface area contributed by atoms with E-state index in [2.05, 4.69) is 11.4 Å². The summed E-state index contributed by atoms with van der Waals surface area (Å²) in [6.45, 7) is 6.80. The van der Waals surface area contributed by atoms with Gasteiger partial charge in [-0.1, -0.05) is 13.0 Å². The van der Waals surface area contributed by atoms with Crippen LogP contribution in [0.5, 0.6) is 5.75 Å². The summed E-state index contributed by atoms with van der Waals surface area (Å²) in [4.78, 5) is 0. The molecule has 0 saturated heterocycles. The molecule has 104 valence electrons. The number of benzene rings is 1. The van der Waals surface area contributed by atoms with Crippen LogP contribution in [0.15, 0.2) is 18.2 Å². The Bertz CT molecular complexity index is 456. The van der Waals surface area contributed by atoms with E-state index in [4.69, 9.17) is 10.00 Å². The zero-order valence-electron chi connectivity index (χ0n) is 11.8. The number of hydrogen-bond donors (Lipinski definition) is 1. The molecule has 3 nitrogen and oxygen atoms in total. The number of halogens is 1. The van der Waals surface area contributed by atoms with Crippen molar-refractivity contribution in [3.8, 4) is 11.8 Å². The smallest absolute Gasteiger partial charge is 0.129 e. The molecule has 1 atom stereocenters. The fourth-order valence-electron chi connectivity index (χ4n) is 1.85. The van der Waals surface area contributed by atoms with E-state index in [-0.39, 0.29) is 5.82 Å². The van der Waals surface area contributed by atoms with Gasteiger partial charge in [0.15, 0.2) is 0 Å². The predicted octanol–water partition coefficient (Wildman–Crippen LogP) is 3.18. The molecule has 0 aliphatic rings. The summed E-state index contributed by atoms with van der Waals surface area (Å²) in [7, 11) is 0. The highest BCUT2D eigenvalue weighted by Crippen LogP contribution is 2.17. The van der Waals surface area contributed by atoms with E-state index in [0.717, 1.165) is 13.0 Å². The molecule has 1 unspecified atom stereocenters. The van der Waals surface area contributed by atoms with Gasteiger partial charge in [0, 0.05) is 6.07 Å². The van der Waals surface area contributed by atoms with Gasteiger partial charge in [0.1, 0.15) is 17.1 Å². The molecule has 0 spiro atoms. The first kappa shape index (κ1) is 15.5. The van der Waals surface area contributed by atoms with Crippen LogP contribution in [-0.4, -0.2) is 18.7 Å². The molecule has 0 saturated carbocycles. The van der Waals surface area contributed by atoms with Crippen molar-refractivity contribution in [1.29, 1.82) is 5.26 Å². The molecule has 0 amide bonds. The lowest BCUT2D eigenvalue weighted by Gasteiger charge is -2.22. The third-order valence-electron chi connectivity index (χ3n) is 3.05. The first-order chi connectivity index (χ1) is 9.00. The van der Waals surface area contributed by atoms with Crippen LogP contribution in [0.25, 0.3) is 0 Å². The Morgan fingerprint density at radius 2 is 2.21 bits per heavy atom.